The highest BCUT2D eigenvalue weighted by atomic mass is 32.2. The van der Waals surface area contributed by atoms with Gasteiger partial charge >= 0.3 is 13.8 Å². The number of benzene rings is 3. The molecule has 2 aliphatic heterocycles. The van der Waals surface area contributed by atoms with E-state index in [0.717, 1.165) is 59.6 Å². The Hall–Kier alpha value is -3.58. The zero-order valence-corrected chi connectivity index (χ0v) is 36.0. The number of hydrogen-bond donors (Lipinski definition) is 3. The van der Waals surface area contributed by atoms with Gasteiger partial charge in [0.1, 0.15) is 17.0 Å². The monoisotopic (exact) mass is 824 g/mol. The summed E-state index contributed by atoms with van der Waals surface area (Å²) in [5, 5.41) is 9.49. The largest absolute Gasteiger partial charge is 0.497 e. The molecule has 2 heterocycles. The van der Waals surface area contributed by atoms with Gasteiger partial charge in [-0.25, -0.2) is 14.4 Å². The summed E-state index contributed by atoms with van der Waals surface area (Å²) in [6, 6.07) is 25.9. The van der Waals surface area contributed by atoms with Crippen molar-refractivity contribution in [2.24, 2.45) is 0 Å². The first-order chi connectivity index (χ1) is 27.4. The molecule has 0 aliphatic carbocycles. The summed E-state index contributed by atoms with van der Waals surface area (Å²) in [5.74, 6) is 2.27. The maximum Gasteiger partial charge on any atom is 0.406 e. The Morgan fingerprint density at radius 1 is 0.860 bits per heavy atom. The molecule has 0 bridgehead atoms. The molecule has 3 aromatic rings. The van der Waals surface area contributed by atoms with Crippen LogP contribution in [-0.2, 0) is 28.7 Å². The molecule has 5 rings (SSSR count). The number of ether oxygens (including phenoxy) is 3. The second kappa shape index (κ2) is 20.9. The predicted octanol–water partition coefficient (Wildman–Crippen LogP) is 7.90. The Kier molecular flexibility index (Phi) is 16.3. The number of nitrogens with zero attached hydrogens (tertiary/aromatic N) is 1. The lowest BCUT2D eigenvalue weighted by atomic mass is 9.74. The molecule has 0 spiro atoms. The molecule has 2 aliphatic rings. The first-order valence-corrected chi connectivity index (χ1v) is 22.6. The highest BCUT2D eigenvalue weighted by Crippen LogP contribution is 2.50. The number of thioether (sulfide) groups is 1. The fourth-order valence-corrected chi connectivity index (χ4v) is 10.9. The van der Waals surface area contributed by atoms with E-state index in [1.807, 2.05) is 106 Å². The minimum absolute atomic E-state index is 0.0200. The van der Waals surface area contributed by atoms with Gasteiger partial charge in [-0.2, -0.15) is 11.8 Å². The van der Waals surface area contributed by atoms with Gasteiger partial charge in [-0.1, -0.05) is 54.6 Å². The lowest BCUT2D eigenvalue weighted by Gasteiger charge is -2.45. The van der Waals surface area contributed by atoms with Crippen LogP contribution in [0, 0.1) is 0 Å². The quantitative estimate of drug-likeness (QED) is 0.0375. The van der Waals surface area contributed by atoms with Crippen molar-refractivity contribution >= 4 is 31.4 Å². The van der Waals surface area contributed by atoms with Gasteiger partial charge in [0.05, 0.1) is 45.1 Å². The molecule has 3 amide bonds. The summed E-state index contributed by atoms with van der Waals surface area (Å²) in [6.45, 7) is 9.63. The Labute approximate surface area is 343 Å². The Bertz CT molecular complexity index is 1710. The number of methoxy groups -OCH3 is 2. The van der Waals surface area contributed by atoms with Gasteiger partial charge in [0, 0.05) is 37.1 Å². The highest BCUT2D eigenvalue weighted by Gasteiger charge is 2.57. The van der Waals surface area contributed by atoms with Crippen LogP contribution in [0.1, 0.15) is 82.9 Å². The van der Waals surface area contributed by atoms with Crippen LogP contribution in [0.5, 0.6) is 11.5 Å². The first-order valence-electron chi connectivity index (χ1n) is 20.0. The summed E-state index contributed by atoms with van der Waals surface area (Å²) < 4.78 is 41.0. The van der Waals surface area contributed by atoms with E-state index < -0.39 is 18.9 Å². The van der Waals surface area contributed by atoms with Crippen LogP contribution in [0.4, 0.5) is 4.79 Å². The molecule has 0 radical (unpaired) electrons. The zero-order chi connectivity index (χ0) is 40.9. The van der Waals surface area contributed by atoms with Gasteiger partial charge in [0.2, 0.25) is 5.91 Å². The number of carbonyl (C=O) groups is 2. The van der Waals surface area contributed by atoms with Gasteiger partial charge in [0.25, 0.3) is 0 Å². The number of carbonyl (C=O) groups excluding carboxylic acids is 2. The van der Waals surface area contributed by atoms with Crippen LogP contribution < -0.4 is 25.2 Å². The molecule has 0 aromatic heterocycles. The van der Waals surface area contributed by atoms with Gasteiger partial charge in [-0.3, -0.25) is 13.8 Å². The summed E-state index contributed by atoms with van der Waals surface area (Å²) in [6.07, 6.45) is 4.23. The first kappa shape index (κ1) is 44.5. The van der Waals surface area contributed by atoms with Crippen LogP contribution in [0.15, 0.2) is 78.9 Å². The van der Waals surface area contributed by atoms with E-state index in [9.17, 15) is 14.2 Å². The highest BCUT2D eigenvalue weighted by molar-refractivity contribution is 8.00. The number of amides is 3. The van der Waals surface area contributed by atoms with E-state index >= 15 is 0 Å². The van der Waals surface area contributed by atoms with E-state index in [-0.39, 0.29) is 35.9 Å². The zero-order valence-electron chi connectivity index (χ0n) is 34.3. The molecule has 312 valence electrons. The molecule has 3 N–H and O–H groups in total. The Morgan fingerprint density at radius 3 is 2.09 bits per heavy atom. The standard InChI is InChI=1S/C43H61N4O8PS/c1-7-53-30-28-45-56(50,55-42(2,3)4)54-29-13-9-12-27-44-39(48)18-14-17-38-40-37(31-57-38)47(41(49)46-40)43(32-15-10-8-11-16-32,33-19-23-35(51-5)24-20-33)34-21-25-36(52-6)26-22-34/h8,10-11,15-16,19-26,37-38,40H,7,9,12-14,17-18,27-31H2,1-6H3,(H,44,48)(H,45,50)(H,46,49). The third-order valence-electron chi connectivity index (χ3n) is 10.2. The average Bonchev–Trinajstić information content (AvgIpc) is 3.74. The van der Waals surface area contributed by atoms with Crippen LogP contribution in [0.3, 0.4) is 0 Å². The molecular formula is C43H61N4O8PS. The van der Waals surface area contributed by atoms with Crippen LogP contribution in [0.25, 0.3) is 0 Å². The fraction of sp³-hybridized carbons (Fsp3) is 0.535. The van der Waals surface area contributed by atoms with E-state index in [2.05, 4.69) is 32.8 Å². The topological polar surface area (TPSA) is 137 Å². The van der Waals surface area contributed by atoms with Crippen molar-refractivity contribution in [2.45, 2.75) is 94.7 Å². The number of fused-ring (bicyclic) bond motifs is 1. The number of hydrogen-bond acceptors (Lipinski definition) is 9. The SMILES string of the molecule is CCOCCNP(=O)(OCCCCCNC(=O)CCCC1SCC2C1NC(=O)N2C(c1ccccc1)(c1ccc(OC)cc1)c1ccc(OC)cc1)OC(C)(C)C. The molecule has 2 fully saturated rings. The van der Waals surface area contributed by atoms with Gasteiger partial charge in [-0.05, 0) is 101 Å². The summed E-state index contributed by atoms with van der Waals surface area (Å²) in [4.78, 5) is 29.2. The molecule has 4 atom stereocenters. The number of unbranched alkanes of at least 4 members (excludes halogenated alkanes) is 2. The molecule has 3 aromatic carbocycles. The predicted molar refractivity (Wildman–Crippen MR) is 226 cm³/mol. The average molecular weight is 825 g/mol. The van der Waals surface area contributed by atoms with Crippen molar-refractivity contribution in [1.29, 1.82) is 0 Å². The maximum atomic E-state index is 14.4. The van der Waals surface area contributed by atoms with Crippen molar-refractivity contribution in [1.82, 2.24) is 20.6 Å². The molecule has 57 heavy (non-hydrogen) atoms. The molecule has 4 unspecified atom stereocenters. The minimum atomic E-state index is -3.48. The van der Waals surface area contributed by atoms with E-state index in [0.29, 0.717) is 39.1 Å². The summed E-state index contributed by atoms with van der Waals surface area (Å²) in [7, 11) is -0.181. The number of urea groups is 1. The Morgan fingerprint density at radius 2 is 1.49 bits per heavy atom. The van der Waals surface area contributed by atoms with Crippen LogP contribution in [0.2, 0.25) is 0 Å². The molecule has 12 nitrogen and oxygen atoms in total. The number of nitrogens with one attached hydrogen (secondary N) is 3. The van der Waals surface area contributed by atoms with Crippen molar-refractivity contribution in [3.05, 3.63) is 95.6 Å². The van der Waals surface area contributed by atoms with E-state index in [1.165, 1.54) is 0 Å². The minimum Gasteiger partial charge on any atom is -0.497 e. The second-order valence-corrected chi connectivity index (χ2v) is 18.3. The third kappa shape index (κ3) is 11.5. The maximum absolute atomic E-state index is 14.4. The van der Waals surface area contributed by atoms with E-state index in [1.54, 1.807) is 14.2 Å². The van der Waals surface area contributed by atoms with Crippen molar-refractivity contribution in [3.63, 3.8) is 0 Å². The van der Waals surface area contributed by atoms with Crippen LogP contribution >= 0.6 is 19.5 Å². The van der Waals surface area contributed by atoms with E-state index in [4.69, 9.17) is 23.3 Å². The molecule has 2 saturated heterocycles. The summed E-state index contributed by atoms with van der Waals surface area (Å²) >= 11 is 1.87. The second-order valence-electron chi connectivity index (χ2n) is 15.3. The van der Waals surface area contributed by atoms with Gasteiger partial charge in [0.15, 0.2) is 0 Å². The lowest BCUT2D eigenvalue weighted by Crippen LogP contribution is -2.53. The lowest BCUT2D eigenvalue weighted by molar-refractivity contribution is -0.121. The smallest absolute Gasteiger partial charge is 0.406 e. The van der Waals surface area contributed by atoms with Crippen LogP contribution in [-0.4, -0.2) is 92.7 Å². The van der Waals surface area contributed by atoms with Crippen molar-refractivity contribution in [2.75, 3.05) is 52.9 Å². The molecule has 0 saturated carbocycles. The normalized spacial score (nSPS) is 19.2. The van der Waals surface area contributed by atoms with Crippen molar-refractivity contribution < 1.29 is 37.4 Å². The molecular weight excluding hydrogens is 764 g/mol. The fourth-order valence-electron chi connectivity index (χ4n) is 7.62. The number of rotatable bonds is 23. The Balaban J connectivity index is 1.16. The van der Waals surface area contributed by atoms with Crippen molar-refractivity contribution in [3.8, 4) is 11.5 Å². The third-order valence-corrected chi connectivity index (χ3v) is 13.6. The summed E-state index contributed by atoms with van der Waals surface area (Å²) in [5.41, 5.74) is 1.31. The van der Waals surface area contributed by atoms with Gasteiger partial charge < -0.3 is 29.7 Å². The van der Waals surface area contributed by atoms with Gasteiger partial charge in [-0.15, -0.1) is 0 Å². The molecule has 14 heteroatoms.